The van der Waals surface area contributed by atoms with Crippen LogP contribution in [0.2, 0.25) is 0 Å². The van der Waals surface area contributed by atoms with Crippen molar-refractivity contribution in [3.63, 3.8) is 0 Å². The number of hydrogen-bond donors (Lipinski definition) is 0. The van der Waals surface area contributed by atoms with E-state index in [-0.39, 0.29) is 0 Å². The third kappa shape index (κ3) is 3.40. The highest BCUT2D eigenvalue weighted by molar-refractivity contribution is 5.71. The van der Waals surface area contributed by atoms with Crippen molar-refractivity contribution in [1.82, 2.24) is 9.78 Å². The average Bonchev–Trinajstić information content (AvgIpc) is 2.60. The molecule has 0 spiro atoms. The smallest absolute Gasteiger partial charge is 0.170 e. The number of aromatic nitrogens is 2. The van der Waals surface area contributed by atoms with E-state index < -0.39 is 0 Å². The quantitative estimate of drug-likeness (QED) is 0.497. The fourth-order valence-electron chi connectivity index (χ4n) is 1.27. The molecule has 1 aromatic heterocycles. The Balaban J connectivity index is 2.24. The van der Waals surface area contributed by atoms with Crippen LogP contribution >= 0.6 is 0 Å². The van der Waals surface area contributed by atoms with Crippen LogP contribution in [-0.2, 0) is 6.54 Å². The Labute approximate surface area is 78.8 Å². The van der Waals surface area contributed by atoms with Gasteiger partial charge >= 0.3 is 0 Å². The molecule has 0 atom stereocenters. The molecule has 0 N–H and O–H groups in total. The fourth-order valence-corrected chi connectivity index (χ4v) is 1.27. The van der Waals surface area contributed by atoms with Gasteiger partial charge in [-0.05, 0) is 12.5 Å². The minimum Gasteiger partial charge on any atom is -0.296 e. The molecule has 0 radical (unpaired) electrons. The summed E-state index contributed by atoms with van der Waals surface area (Å²) in [7, 11) is 0. The highest BCUT2D eigenvalue weighted by Gasteiger charge is 1.95. The van der Waals surface area contributed by atoms with Crippen molar-refractivity contribution in [3.8, 4) is 0 Å². The van der Waals surface area contributed by atoms with Gasteiger partial charge in [0, 0.05) is 12.7 Å². The maximum atomic E-state index is 10.3. The molecule has 0 aliphatic carbocycles. The molecule has 3 heteroatoms. The molecule has 0 amide bonds. The largest absolute Gasteiger partial charge is 0.296 e. The SMILES string of the molecule is CCCCCCn1ccc(C=O)n1. The van der Waals surface area contributed by atoms with Crippen LogP contribution in [0, 0.1) is 0 Å². The molecule has 72 valence electrons. The summed E-state index contributed by atoms with van der Waals surface area (Å²) in [6.45, 7) is 3.12. The van der Waals surface area contributed by atoms with Crippen molar-refractivity contribution in [2.45, 2.75) is 39.2 Å². The zero-order valence-corrected chi connectivity index (χ0v) is 8.07. The fraction of sp³-hybridized carbons (Fsp3) is 0.600. The van der Waals surface area contributed by atoms with Crippen molar-refractivity contribution in [3.05, 3.63) is 18.0 Å². The normalized spacial score (nSPS) is 10.2. The Morgan fingerprint density at radius 3 is 2.92 bits per heavy atom. The summed E-state index contributed by atoms with van der Waals surface area (Å²) in [5.74, 6) is 0. The van der Waals surface area contributed by atoms with E-state index in [4.69, 9.17) is 0 Å². The summed E-state index contributed by atoms with van der Waals surface area (Å²) in [6, 6.07) is 1.74. The predicted octanol–water partition coefficient (Wildman–Crippen LogP) is 2.28. The molecule has 0 bridgehead atoms. The molecule has 0 saturated heterocycles. The molecule has 1 heterocycles. The molecule has 0 fully saturated rings. The first-order chi connectivity index (χ1) is 6.36. The third-order valence-electron chi connectivity index (χ3n) is 2.02. The second kappa shape index (κ2) is 5.51. The number of rotatable bonds is 6. The lowest BCUT2D eigenvalue weighted by Gasteiger charge is -1.99. The van der Waals surface area contributed by atoms with Crippen LogP contribution in [0.15, 0.2) is 12.3 Å². The van der Waals surface area contributed by atoms with Gasteiger partial charge in [-0.15, -0.1) is 0 Å². The number of aryl methyl sites for hydroxylation is 1. The van der Waals surface area contributed by atoms with Crippen LogP contribution in [0.3, 0.4) is 0 Å². The van der Waals surface area contributed by atoms with Crippen LogP contribution in [-0.4, -0.2) is 16.1 Å². The van der Waals surface area contributed by atoms with E-state index >= 15 is 0 Å². The highest BCUT2D eigenvalue weighted by Crippen LogP contribution is 2.01. The molecule has 3 nitrogen and oxygen atoms in total. The predicted molar refractivity (Wildman–Crippen MR) is 51.8 cm³/mol. The van der Waals surface area contributed by atoms with Gasteiger partial charge in [0.25, 0.3) is 0 Å². The first kappa shape index (κ1) is 9.96. The third-order valence-corrected chi connectivity index (χ3v) is 2.02. The molecule has 13 heavy (non-hydrogen) atoms. The number of unbranched alkanes of at least 4 members (excludes halogenated alkanes) is 3. The molecular weight excluding hydrogens is 164 g/mol. The zero-order chi connectivity index (χ0) is 9.52. The van der Waals surface area contributed by atoms with Crippen LogP contribution in [0.5, 0.6) is 0 Å². The highest BCUT2D eigenvalue weighted by atomic mass is 16.1. The molecule has 0 aromatic carbocycles. The lowest BCUT2D eigenvalue weighted by Crippen LogP contribution is -1.99. The van der Waals surface area contributed by atoms with Gasteiger partial charge in [-0.1, -0.05) is 26.2 Å². The number of aldehydes is 1. The van der Waals surface area contributed by atoms with E-state index in [1.54, 1.807) is 6.07 Å². The van der Waals surface area contributed by atoms with Crippen molar-refractivity contribution in [2.75, 3.05) is 0 Å². The Bertz CT molecular complexity index is 255. The second-order valence-electron chi connectivity index (χ2n) is 3.18. The van der Waals surface area contributed by atoms with Crippen molar-refractivity contribution in [1.29, 1.82) is 0 Å². The minimum atomic E-state index is 0.524. The van der Waals surface area contributed by atoms with E-state index in [0.29, 0.717) is 5.69 Å². The molecule has 0 unspecified atom stereocenters. The number of nitrogens with zero attached hydrogens (tertiary/aromatic N) is 2. The van der Waals surface area contributed by atoms with Gasteiger partial charge in [0.2, 0.25) is 0 Å². The number of hydrogen-bond acceptors (Lipinski definition) is 2. The van der Waals surface area contributed by atoms with Crippen molar-refractivity contribution < 1.29 is 4.79 Å². The van der Waals surface area contributed by atoms with Gasteiger partial charge in [-0.2, -0.15) is 5.10 Å². The van der Waals surface area contributed by atoms with Gasteiger partial charge in [0.15, 0.2) is 6.29 Å². The Morgan fingerprint density at radius 1 is 1.46 bits per heavy atom. The molecular formula is C10H16N2O. The second-order valence-corrected chi connectivity index (χ2v) is 3.18. The van der Waals surface area contributed by atoms with Gasteiger partial charge in [0.05, 0.1) is 0 Å². The zero-order valence-electron chi connectivity index (χ0n) is 8.07. The van der Waals surface area contributed by atoms with E-state index in [1.165, 1.54) is 19.3 Å². The summed E-state index contributed by atoms with van der Waals surface area (Å²) in [6.07, 6.45) is 7.55. The first-order valence-electron chi connectivity index (χ1n) is 4.85. The summed E-state index contributed by atoms with van der Waals surface area (Å²) < 4.78 is 1.83. The Morgan fingerprint density at radius 2 is 2.31 bits per heavy atom. The Hall–Kier alpha value is -1.12. The first-order valence-corrected chi connectivity index (χ1v) is 4.85. The molecule has 0 saturated carbocycles. The monoisotopic (exact) mass is 180 g/mol. The molecule has 0 aliphatic heterocycles. The van der Waals surface area contributed by atoms with Crippen molar-refractivity contribution in [2.24, 2.45) is 0 Å². The minimum absolute atomic E-state index is 0.524. The van der Waals surface area contributed by atoms with Gasteiger partial charge in [-0.25, -0.2) is 0 Å². The summed E-state index contributed by atoms with van der Waals surface area (Å²) in [4.78, 5) is 10.3. The maximum Gasteiger partial charge on any atom is 0.170 e. The van der Waals surface area contributed by atoms with Crippen LogP contribution in [0.1, 0.15) is 43.1 Å². The Kier molecular flexibility index (Phi) is 4.23. The lowest BCUT2D eigenvalue weighted by molar-refractivity contribution is 0.111. The van der Waals surface area contributed by atoms with Crippen LogP contribution in [0.4, 0.5) is 0 Å². The summed E-state index contributed by atoms with van der Waals surface area (Å²) >= 11 is 0. The topological polar surface area (TPSA) is 34.9 Å². The van der Waals surface area contributed by atoms with E-state index in [2.05, 4.69) is 12.0 Å². The molecule has 0 aliphatic rings. The summed E-state index contributed by atoms with van der Waals surface area (Å²) in [5, 5.41) is 4.07. The standard InChI is InChI=1S/C10H16N2O/c1-2-3-4-5-7-12-8-6-10(9-13)11-12/h6,8-9H,2-5,7H2,1H3. The maximum absolute atomic E-state index is 10.3. The molecule has 1 aromatic rings. The van der Waals surface area contributed by atoms with Gasteiger partial charge in [0.1, 0.15) is 5.69 Å². The van der Waals surface area contributed by atoms with Crippen LogP contribution < -0.4 is 0 Å². The van der Waals surface area contributed by atoms with E-state index in [1.807, 2.05) is 10.9 Å². The number of carbonyl (C=O) groups is 1. The van der Waals surface area contributed by atoms with Gasteiger partial charge < -0.3 is 0 Å². The average molecular weight is 180 g/mol. The molecule has 1 rings (SSSR count). The summed E-state index contributed by atoms with van der Waals surface area (Å²) in [5.41, 5.74) is 0.524. The van der Waals surface area contributed by atoms with Crippen LogP contribution in [0.25, 0.3) is 0 Å². The lowest BCUT2D eigenvalue weighted by atomic mass is 10.2. The van der Waals surface area contributed by atoms with Crippen molar-refractivity contribution >= 4 is 6.29 Å². The number of carbonyl (C=O) groups excluding carboxylic acids is 1. The van der Waals surface area contributed by atoms with E-state index in [9.17, 15) is 4.79 Å². The van der Waals surface area contributed by atoms with Gasteiger partial charge in [-0.3, -0.25) is 9.48 Å². The van der Waals surface area contributed by atoms with E-state index in [0.717, 1.165) is 19.3 Å².